The highest BCUT2D eigenvalue weighted by Crippen LogP contribution is 2.44. The largest absolute Gasteiger partial charge is 0.460 e. The number of aromatic nitrogens is 4. The first kappa shape index (κ1) is 32.6. The quantitative estimate of drug-likeness (QED) is 0.150. The molecule has 3 aliphatic heterocycles. The Morgan fingerprint density at radius 2 is 1.33 bits per heavy atom. The number of carbonyl (C=O) groups excluding carboxylic acids is 5. The van der Waals surface area contributed by atoms with Crippen molar-refractivity contribution in [2.45, 2.75) is 39.2 Å². The molecule has 15 heteroatoms. The van der Waals surface area contributed by atoms with Crippen molar-refractivity contribution in [1.29, 1.82) is 0 Å². The maximum Gasteiger partial charge on any atom is 0.315 e. The van der Waals surface area contributed by atoms with E-state index in [2.05, 4.69) is 20.6 Å². The Kier molecular flexibility index (Phi) is 8.29. The molecule has 2 aromatic heterocycles. The van der Waals surface area contributed by atoms with Gasteiger partial charge in [-0.15, -0.1) is 0 Å². The average Bonchev–Trinajstić information content (AvgIpc) is 3.55. The molecular formula is C34H30N7O6S2+. The lowest BCUT2D eigenvalue weighted by Crippen LogP contribution is -2.54. The van der Waals surface area contributed by atoms with Crippen molar-refractivity contribution in [3.05, 3.63) is 70.0 Å². The van der Waals surface area contributed by atoms with Crippen molar-refractivity contribution in [1.82, 2.24) is 35.1 Å². The van der Waals surface area contributed by atoms with Crippen LogP contribution < -0.4 is 15.1 Å². The smallest absolute Gasteiger partial charge is 0.315 e. The van der Waals surface area contributed by atoms with E-state index in [0.29, 0.717) is 64.0 Å². The third kappa shape index (κ3) is 6.44. The van der Waals surface area contributed by atoms with Gasteiger partial charge < -0.3 is 4.74 Å². The predicted octanol–water partition coefficient (Wildman–Crippen LogP) is 5.61. The highest BCUT2D eigenvalue weighted by Gasteiger charge is 2.47. The summed E-state index contributed by atoms with van der Waals surface area (Å²) in [6.07, 6.45) is 7.51. The Bertz CT molecular complexity index is 2050. The lowest BCUT2D eigenvalue weighted by Gasteiger charge is -2.41. The summed E-state index contributed by atoms with van der Waals surface area (Å²) in [4.78, 5) is 81.3. The molecule has 49 heavy (non-hydrogen) atoms. The number of hydrogen-bond donors (Lipinski definition) is 2. The number of thioether (sulfide) groups is 2. The van der Waals surface area contributed by atoms with E-state index in [1.165, 1.54) is 12.7 Å². The van der Waals surface area contributed by atoms with Gasteiger partial charge in [0.15, 0.2) is 0 Å². The van der Waals surface area contributed by atoms with Crippen LogP contribution in [0.2, 0.25) is 0 Å². The molecule has 13 nitrogen and oxygen atoms in total. The number of imide groups is 2. The zero-order chi connectivity index (χ0) is 34.5. The summed E-state index contributed by atoms with van der Waals surface area (Å²) in [7, 11) is 0. The first-order valence-electron chi connectivity index (χ1n) is 15.5. The van der Waals surface area contributed by atoms with Crippen LogP contribution in [-0.4, -0.2) is 66.9 Å². The molecule has 248 valence electrons. The van der Waals surface area contributed by atoms with Crippen LogP contribution in [0.25, 0.3) is 34.0 Å². The number of nitrogens with zero attached hydrogens (tertiary/aromatic N) is 5. The molecule has 2 aromatic carbocycles. The van der Waals surface area contributed by atoms with Crippen molar-refractivity contribution in [3.63, 3.8) is 0 Å². The van der Waals surface area contributed by atoms with E-state index in [1.54, 1.807) is 12.2 Å². The fraction of sp³-hybridized carbons (Fsp3) is 0.265. The number of amides is 4. The van der Waals surface area contributed by atoms with E-state index in [9.17, 15) is 24.0 Å². The van der Waals surface area contributed by atoms with Gasteiger partial charge in [0.2, 0.25) is 11.6 Å². The van der Waals surface area contributed by atoms with Crippen molar-refractivity contribution in [2.75, 3.05) is 13.1 Å². The topological polar surface area (TPSA) is 170 Å². The maximum atomic E-state index is 13.7. The van der Waals surface area contributed by atoms with Gasteiger partial charge in [-0.3, -0.25) is 34.6 Å². The normalized spacial score (nSPS) is 23.0. The maximum absolute atomic E-state index is 13.7. The zero-order valence-electron chi connectivity index (χ0n) is 26.7. The number of benzene rings is 2. The minimum atomic E-state index is -0.684. The first-order valence-corrected chi connectivity index (χ1v) is 17.1. The molecular weight excluding hydrogens is 667 g/mol. The number of esters is 1. The number of fused-ring (bicyclic) bond motifs is 2. The van der Waals surface area contributed by atoms with Crippen LogP contribution >= 0.6 is 23.5 Å². The van der Waals surface area contributed by atoms with Crippen LogP contribution in [0.4, 0.5) is 21.2 Å². The summed E-state index contributed by atoms with van der Waals surface area (Å²) >= 11 is 1.67. The molecule has 5 heterocycles. The summed E-state index contributed by atoms with van der Waals surface area (Å²) in [5.74, 6) is -0.541. The second-order valence-corrected chi connectivity index (χ2v) is 14.9. The van der Waals surface area contributed by atoms with Gasteiger partial charge in [0.25, 0.3) is 22.3 Å². The number of rotatable bonds is 5. The Morgan fingerprint density at radius 1 is 0.816 bits per heavy atom. The highest BCUT2D eigenvalue weighted by atomic mass is 32.2. The molecule has 0 saturated carbocycles. The molecule has 3 fully saturated rings. The van der Waals surface area contributed by atoms with E-state index in [4.69, 9.17) is 14.7 Å². The van der Waals surface area contributed by atoms with E-state index >= 15 is 0 Å². The minimum absolute atomic E-state index is 0.0590. The first-order chi connectivity index (χ1) is 23.4. The highest BCUT2D eigenvalue weighted by molar-refractivity contribution is 8.18. The van der Waals surface area contributed by atoms with E-state index in [-0.39, 0.29) is 26.8 Å². The molecule has 3 saturated heterocycles. The molecule has 2 N–H and O–H groups in total. The summed E-state index contributed by atoms with van der Waals surface area (Å²) < 4.78 is 5.94. The van der Waals surface area contributed by atoms with E-state index < -0.39 is 33.8 Å². The molecule has 7 rings (SSSR count). The van der Waals surface area contributed by atoms with Crippen LogP contribution in [0, 0.1) is 5.92 Å². The standard InChI is InChI=1S/C34H29N7O6S2/c1-34(2,3)47-31(44)20-5-4-10-41(15-20,27-21-11-18(6-8-23(21)35-16-37-27)13-25-29(42)39-32(45)48-25)28-22-12-19(7-9-24(22)36-17-38-28)14-26-30(43)40-33(46)49-26/h6-9,11-14,16-17,20H,4-5,10,15H2,1-3H3,(H-,39,40,42,43,45,46)/p+1. The second kappa shape index (κ2) is 12.5. The Morgan fingerprint density at radius 3 is 1.78 bits per heavy atom. The third-order valence-corrected chi connectivity index (χ3v) is 9.95. The van der Waals surface area contributed by atoms with Crippen LogP contribution in [0.1, 0.15) is 44.7 Å². The van der Waals surface area contributed by atoms with Crippen LogP contribution in [0.5, 0.6) is 0 Å². The molecule has 3 aliphatic rings. The number of ether oxygens (including phenoxy) is 1. The summed E-state index contributed by atoms with van der Waals surface area (Å²) in [6, 6.07) is 11.0. The molecule has 0 radical (unpaired) electrons. The van der Waals surface area contributed by atoms with Gasteiger partial charge in [-0.25, -0.2) is 14.5 Å². The molecule has 1 atom stereocenters. The fourth-order valence-corrected chi connectivity index (χ4v) is 7.72. The molecule has 0 spiro atoms. The van der Waals surface area contributed by atoms with Gasteiger partial charge >= 0.3 is 5.97 Å². The number of piperidine rings is 1. The fourth-order valence-electron chi connectivity index (χ4n) is 6.36. The number of carbonyl (C=O) groups is 5. The lowest BCUT2D eigenvalue weighted by atomic mass is 9.93. The van der Waals surface area contributed by atoms with Crippen molar-refractivity contribution >= 4 is 97.4 Å². The van der Waals surface area contributed by atoms with Gasteiger partial charge in [-0.2, -0.15) is 9.97 Å². The van der Waals surface area contributed by atoms with Gasteiger partial charge in [-0.1, -0.05) is 12.1 Å². The van der Waals surface area contributed by atoms with E-state index in [1.807, 2.05) is 57.2 Å². The van der Waals surface area contributed by atoms with Crippen molar-refractivity contribution in [3.8, 4) is 0 Å². The van der Waals surface area contributed by atoms with Gasteiger partial charge in [-0.05, 0) is 105 Å². The predicted molar refractivity (Wildman–Crippen MR) is 187 cm³/mol. The molecule has 1 unspecified atom stereocenters. The second-order valence-electron chi connectivity index (χ2n) is 12.9. The zero-order valence-corrected chi connectivity index (χ0v) is 28.3. The molecule has 0 aliphatic carbocycles. The van der Waals surface area contributed by atoms with Gasteiger partial charge in [0.1, 0.15) is 30.7 Å². The summed E-state index contributed by atoms with van der Waals surface area (Å²) in [5.41, 5.74) is 1.93. The molecule has 0 bridgehead atoms. The molecule has 4 aromatic rings. The van der Waals surface area contributed by atoms with Gasteiger partial charge in [0.05, 0.1) is 38.2 Å². The summed E-state index contributed by atoms with van der Waals surface area (Å²) in [5, 5.41) is 5.06. The lowest BCUT2D eigenvalue weighted by molar-refractivity contribution is -0.161. The average molecular weight is 697 g/mol. The number of quaternary nitrogens is 1. The monoisotopic (exact) mass is 696 g/mol. The molecule has 4 amide bonds. The van der Waals surface area contributed by atoms with Crippen molar-refractivity contribution in [2.24, 2.45) is 5.92 Å². The minimum Gasteiger partial charge on any atom is -0.460 e. The summed E-state index contributed by atoms with van der Waals surface area (Å²) in [6.45, 7) is 6.33. The van der Waals surface area contributed by atoms with Crippen LogP contribution in [0.3, 0.4) is 0 Å². The van der Waals surface area contributed by atoms with Crippen molar-refractivity contribution < 1.29 is 28.7 Å². The third-order valence-electron chi connectivity index (χ3n) is 8.33. The van der Waals surface area contributed by atoms with Gasteiger partial charge in [0, 0.05) is 0 Å². The Balaban J connectivity index is 1.43. The van der Waals surface area contributed by atoms with E-state index in [0.717, 1.165) is 23.5 Å². The number of nitrogens with one attached hydrogen (secondary N) is 2. The van der Waals surface area contributed by atoms with Crippen LogP contribution in [-0.2, 0) is 19.1 Å². The Labute approximate surface area is 288 Å². The Hall–Kier alpha value is -4.99. The SMILES string of the molecule is CC(C)(C)OC(=O)C1CCC[N+](c2ncnc3ccc(C=C4SC(=O)NC4=O)cc23)(c2ncnc3ccc(C=C4SC(=O)NC4=O)cc23)C1. The number of hydrogen-bond acceptors (Lipinski definition) is 12. The van der Waals surface area contributed by atoms with Crippen LogP contribution in [0.15, 0.2) is 58.9 Å².